The van der Waals surface area contributed by atoms with Gasteiger partial charge in [-0.25, -0.2) is 0 Å². The highest BCUT2D eigenvalue weighted by atomic mass is 79.9. The van der Waals surface area contributed by atoms with Crippen molar-refractivity contribution < 1.29 is 0 Å². The highest BCUT2D eigenvalue weighted by Gasteiger charge is 2.01. The molecule has 0 aliphatic heterocycles. The maximum absolute atomic E-state index is 5.93. The monoisotopic (exact) mass is 299 g/mol. The van der Waals surface area contributed by atoms with E-state index in [0.29, 0.717) is 0 Å². The molecule has 1 aromatic heterocycles. The lowest BCUT2D eigenvalue weighted by atomic mass is 10.2. The molecule has 0 spiro atoms. The van der Waals surface area contributed by atoms with Crippen molar-refractivity contribution in [3.05, 3.63) is 51.2 Å². The van der Waals surface area contributed by atoms with Crippen molar-refractivity contribution in [3.8, 4) is 0 Å². The van der Waals surface area contributed by atoms with E-state index in [1.807, 2.05) is 24.3 Å². The number of aromatic nitrogens is 2. The summed E-state index contributed by atoms with van der Waals surface area (Å²) < 4.78 is 1.06. The summed E-state index contributed by atoms with van der Waals surface area (Å²) in [5.74, 6) is 0. The average Bonchev–Trinajstić information content (AvgIpc) is 2.76. The molecule has 0 amide bonds. The molecule has 0 radical (unpaired) electrons. The van der Waals surface area contributed by atoms with Gasteiger partial charge in [0, 0.05) is 34.5 Å². The molecule has 2 N–H and O–H groups in total. The Hall–Kier alpha value is -0.840. The van der Waals surface area contributed by atoms with E-state index in [1.165, 1.54) is 0 Å². The van der Waals surface area contributed by atoms with Crippen LogP contribution in [0, 0.1) is 0 Å². The van der Waals surface area contributed by atoms with Gasteiger partial charge in [-0.1, -0.05) is 27.5 Å². The van der Waals surface area contributed by atoms with Crippen LogP contribution in [0.25, 0.3) is 0 Å². The fraction of sp³-hybridized carbons (Fsp3) is 0.182. The lowest BCUT2D eigenvalue weighted by Gasteiger charge is -2.06. The molecule has 1 aromatic carbocycles. The van der Waals surface area contributed by atoms with Crippen LogP contribution in [0.5, 0.6) is 0 Å². The van der Waals surface area contributed by atoms with E-state index in [4.69, 9.17) is 11.6 Å². The minimum Gasteiger partial charge on any atom is -0.307 e. The van der Waals surface area contributed by atoms with Crippen LogP contribution in [0.4, 0.5) is 0 Å². The third-order valence-corrected chi connectivity index (χ3v) is 3.21. The maximum atomic E-state index is 5.93. The second kappa shape index (κ2) is 5.48. The zero-order chi connectivity index (χ0) is 11.4. The van der Waals surface area contributed by atoms with Crippen molar-refractivity contribution in [1.82, 2.24) is 15.5 Å². The first-order valence-corrected chi connectivity index (χ1v) is 6.05. The normalized spacial score (nSPS) is 10.6. The molecule has 0 unspecified atom stereocenters. The van der Waals surface area contributed by atoms with E-state index in [-0.39, 0.29) is 0 Å². The summed E-state index contributed by atoms with van der Waals surface area (Å²) in [7, 11) is 0. The van der Waals surface area contributed by atoms with E-state index in [9.17, 15) is 0 Å². The Morgan fingerprint density at radius 1 is 1.31 bits per heavy atom. The number of nitrogens with one attached hydrogen (secondary N) is 2. The Balaban J connectivity index is 1.92. The summed E-state index contributed by atoms with van der Waals surface area (Å²) in [5.41, 5.74) is 2.21. The summed E-state index contributed by atoms with van der Waals surface area (Å²) in [6, 6.07) is 7.71. The number of nitrogens with zero attached hydrogens (tertiary/aromatic N) is 1. The number of benzene rings is 1. The van der Waals surface area contributed by atoms with E-state index < -0.39 is 0 Å². The molecule has 84 valence electrons. The highest BCUT2D eigenvalue weighted by molar-refractivity contribution is 9.10. The summed E-state index contributed by atoms with van der Waals surface area (Å²) in [6.45, 7) is 1.53. The van der Waals surface area contributed by atoms with Gasteiger partial charge in [-0.15, -0.1) is 0 Å². The van der Waals surface area contributed by atoms with Gasteiger partial charge in [-0.2, -0.15) is 5.10 Å². The molecule has 5 heteroatoms. The first kappa shape index (κ1) is 11.6. The summed E-state index contributed by atoms with van der Waals surface area (Å²) in [5, 5.41) is 10.8. The summed E-state index contributed by atoms with van der Waals surface area (Å²) >= 11 is 9.42. The van der Waals surface area contributed by atoms with Gasteiger partial charge in [-0.3, -0.25) is 5.10 Å². The topological polar surface area (TPSA) is 40.7 Å². The highest BCUT2D eigenvalue weighted by Crippen LogP contribution is 2.20. The number of hydrogen-bond donors (Lipinski definition) is 2. The zero-order valence-electron chi connectivity index (χ0n) is 8.50. The molecule has 1 heterocycles. The first-order valence-electron chi connectivity index (χ1n) is 4.88. The first-order chi connectivity index (χ1) is 7.75. The van der Waals surface area contributed by atoms with Gasteiger partial charge in [-0.05, 0) is 29.8 Å². The van der Waals surface area contributed by atoms with Crippen LogP contribution in [-0.4, -0.2) is 10.2 Å². The molecule has 0 atom stereocenters. The standard InChI is InChI=1S/C11H11BrClN3/c12-11-2-1-9(13)5-8(11)6-14-7-10-3-4-15-16-10/h1-5,14H,6-7H2,(H,15,16). The number of halogens is 2. The molecular formula is C11H11BrClN3. The van der Waals surface area contributed by atoms with E-state index in [2.05, 4.69) is 31.4 Å². The van der Waals surface area contributed by atoms with Crippen molar-refractivity contribution in [1.29, 1.82) is 0 Å². The van der Waals surface area contributed by atoms with Crippen molar-refractivity contribution >= 4 is 27.5 Å². The lowest BCUT2D eigenvalue weighted by molar-refractivity contribution is 0.676. The fourth-order valence-corrected chi connectivity index (χ4v) is 1.98. The van der Waals surface area contributed by atoms with Gasteiger partial charge in [0.2, 0.25) is 0 Å². The van der Waals surface area contributed by atoms with Crippen LogP contribution in [0.2, 0.25) is 5.02 Å². The van der Waals surface area contributed by atoms with Gasteiger partial charge in [0.15, 0.2) is 0 Å². The van der Waals surface area contributed by atoms with Crippen molar-refractivity contribution in [2.75, 3.05) is 0 Å². The average molecular weight is 301 g/mol. The second-order valence-corrected chi connectivity index (χ2v) is 4.71. The Labute approximate surface area is 107 Å². The predicted octanol–water partition coefficient (Wildman–Crippen LogP) is 3.12. The molecule has 0 aliphatic carbocycles. The van der Waals surface area contributed by atoms with Crippen molar-refractivity contribution in [2.24, 2.45) is 0 Å². The molecule has 2 rings (SSSR count). The number of H-pyrrole nitrogens is 1. The van der Waals surface area contributed by atoms with Crippen LogP contribution >= 0.6 is 27.5 Å². The van der Waals surface area contributed by atoms with Gasteiger partial charge in [0.05, 0.1) is 0 Å². The number of aromatic amines is 1. The predicted molar refractivity (Wildman–Crippen MR) is 68.3 cm³/mol. The van der Waals surface area contributed by atoms with E-state index >= 15 is 0 Å². The molecule has 0 saturated heterocycles. The summed E-state index contributed by atoms with van der Waals surface area (Å²) in [6.07, 6.45) is 1.74. The van der Waals surface area contributed by atoms with Gasteiger partial charge in [0.25, 0.3) is 0 Å². The van der Waals surface area contributed by atoms with Gasteiger partial charge in [0.1, 0.15) is 0 Å². The quantitative estimate of drug-likeness (QED) is 0.911. The molecule has 16 heavy (non-hydrogen) atoms. The van der Waals surface area contributed by atoms with Crippen molar-refractivity contribution in [2.45, 2.75) is 13.1 Å². The Morgan fingerprint density at radius 2 is 2.19 bits per heavy atom. The van der Waals surface area contributed by atoms with Gasteiger partial charge < -0.3 is 5.32 Å². The zero-order valence-corrected chi connectivity index (χ0v) is 10.8. The minimum absolute atomic E-state index is 0.751. The third-order valence-electron chi connectivity index (χ3n) is 2.20. The number of hydrogen-bond acceptors (Lipinski definition) is 2. The maximum Gasteiger partial charge on any atom is 0.0490 e. The molecule has 0 aliphatic rings. The van der Waals surface area contributed by atoms with E-state index in [0.717, 1.165) is 33.8 Å². The molecule has 0 bridgehead atoms. The SMILES string of the molecule is Clc1ccc(Br)c(CNCc2ccn[nH]2)c1. The Kier molecular flexibility index (Phi) is 3.98. The molecular weight excluding hydrogens is 289 g/mol. The van der Waals surface area contributed by atoms with Crippen LogP contribution in [0.1, 0.15) is 11.3 Å². The van der Waals surface area contributed by atoms with Crippen LogP contribution < -0.4 is 5.32 Å². The number of rotatable bonds is 4. The largest absolute Gasteiger partial charge is 0.307 e. The van der Waals surface area contributed by atoms with Crippen LogP contribution in [-0.2, 0) is 13.1 Å². The second-order valence-electron chi connectivity index (χ2n) is 3.42. The molecule has 0 fully saturated rings. The lowest BCUT2D eigenvalue weighted by Crippen LogP contribution is -2.13. The molecule has 3 nitrogen and oxygen atoms in total. The minimum atomic E-state index is 0.751. The van der Waals surface area contributed by atoms with Crippen LogP contribution in [0.3, 0.4) is 0 Å². The van der Waals surface area contributed by atoms with Gasteiger partial charge >= 0.3 is 0 Å². The van der Waals surface area contributed by atoms with E-state index in [1.54, 1.807) is 6.20 Å². The Bertz CT molecular complexity index is 456. The smallest absolute Gasteiger partial charge is 0.0490 e. The molecule has 0 saturated carbocycles. The molecule has 2 aromatic rings. The summed E-state index contributed by atoms with van der Waals surface area (Å²) in [4.78, 5) is 0. The fourth-order valence-electron chi connectivity index (χ4n) is 1.39. The van der Waals surface area contributed by atoms with Crippen LogP contribution in [0.15, 0.2) is 34.9 Å². The third kappa shape index (κ3) is 3.07. The van der Waals surface area contributed by atoms with Crippen molar-refractivity contribution in [3.63, 3.8) is 0 Å². The Morgan fingerprint density at radius 3 is 2.94 bits per heavy atom.